The summed E-state index contributed by atoms with van der Waals surface area (Å²) in [6, 6.07) is 6.75. The van der Waals surface area contributed by atoms with Gasteiger partial charge in [0.1, 0.15) is 11.7 Å². The summed E-state index contributed by atoms with van der Waals surface area (Å²) < 4.78 is 28.1. The number of imidazole rings is 1. The molecule has 1 aliphatic rings. The van der Waals surface area contributed by atoms with E-state index in [9.17, 15) is 13.6 Å². The van der Waals surface area contributed by atoms with Crippen LogP contribution in [0, 0.1) is 0 Å². The third kappa shape index (κ3) is 3.51. The molecule has 0 aliphatic carbocycles. The van der Waals surface area contributed by atoms with E-state index in [1.165, 1.54) is 18.1 Å². The molecule has 0 unspecified atom stereocenters. The number of benzene rings is 1. The second-order valence-electron chi connectivity index (χ2n) is 7.03. The highest BCUT2D eigenvalue weighted by Crippen LogP contribution is 2.34. The lowest BCUT2D eigenvalue weighted by molar-refractivity contribution is 0.0696. The van der Waals surface area contributed by atoms with E-state index in [1.54, 1.807) is 13.3 Å². The molecule has 0 saturated carbocycles. The average molecular weight is 430 g/mol. The molecule has 0 bridgehead atoms. The van der Waals surface area contributed by atoms with Gasteiger partial charge in [-0.25, -0.2) is 13.8 Å². The van der Waals surface area contributed by atoms with Crippen LogP contribution in [0.1, 0.15) is 46.8 Å². The van der Waals surface area contributed by atoms with Crippen molar-refractivity contribution in [3.8, 4) is 0 Å². The fourth-order valence-corrected chi connectivity index (χ4v) is 3.96. The third-order valence-electron chi connectivity index (χ3n) is 5.18. The molecule has 0 radical (unpaired) electrons. The Balaban J connectivity index is 1.78. The second kappa shape index (κ2) is 8.02. The van der Waals surface area contributed by atoms with E-state index in [2.05, 4.69) is 32.7 Å². The van der Waals surface area contributed by atoms with Gasteiger partial charge in [0.05, 0.1) is 29.5 Å². The van der Waals surface area contributed by atoms with Crippen LogP contribution in [0.4, 0.5) is 14.5 Å². The van der Waals surface area contributed by atoms with Crippen molar-refractivity contribution in [3.05, 3.63) is 59.4 Å². The van der Waals surface area contributed by atoms with Gasteiger partial charge in [0.2, 0.25) is 0 Å². The van der Waals surface area contributed by atoms with Crippen molar-refractivity contribution in [2.45, 2.75) is 30.7 Å². The number of nitrogens with one attached hydrogen (secondary N) is 1. The van der Waals surface area contributed by atoms with Gasteiger partial charge in [-0.3, -0.25) is 14.5 Å². The largest absolute Gasteiger partial charge is 0.348 e. The topological polar surface area (TPSA) is 79.2 Å². The van der Waals surface area contributed by atoms with Crippen LogP contribution in [0.15, 0.2) is 46.7 Å². The molecule has 1 aliphatic heterocycles. The number of hydrogen-bond donors (Lipinski definition) is 2. The lowest BCUT2D eigenvalue weighted by atomic mass is 9.97. The van der Waals surface area contributed by atoms with Gasteiger partial charge < -0.3 is 9.88 Å². The molecule has 0 saturated heterocycles. The van der Waals surface area contributed by atoms with Crippen LogP contribution in [0.3, 0.4) is 0 Å². The number of amides is 1. The first-order chi connectivity index (χ1) is 14.4. The van der Waals surface area contributed by atoms with Crippen LogP contribution in [0.25, 0.3) is 0 Å². The van der Waals surface area contributed by atoms with Gasteiger partial charge in [-0.05, 0) is 19.1 Å². The van der Waals surface area contributed by atoms with Crippen molar-refractivity contribution < 1.29 is 13.6 Å². The fraction of sp³-hybridized carbons (Fsp3) is 0.300. The molecule has 10 heteroatoms. The molecule has 0 spiro atoms. The molecule has 1 amide bonds. The molecule has 2 aromatic heterocycles. The fourth-order valence-electron chi connectivity index (χ4n) is 3.75. The van der Waals surface area contributed by atoms with Crippen LogP contribution in [-0.2, 0) is 13.5 Å². The zero-order valence-corrected chi connectivity index (χ0v) is 17.3. The first kappa shape index (κ1) is 20.3. The summed E-state index contributed by atoms with van der Waals surface area (Å²) >= 11 is 4.43. The maximum atomic E-state index is 13.5. The Hall–Kier alpha value is -3.01. The lowest BCUT2D eigenvalue weighted by Gasteiger charge is -2.35. The Morgan fingerprint density at radius 1 is 1.37 bits per heavy atom. The number of aliphatic imine (C=N–C) groups is 1. The van der Waals surface area contributed by atoms with E-state index >= 15 is 0 Å². The molecule has 0 fully saturated rings. The van der Waals surface area contributed by atoms with Crippen molar-refractivity contribution >= 4 is 29.9 Å². The maximum absolute atomic E-state index is 13.5. The van der Waals surface area contributed by atoms with Crippen LogP contribution in [-0.4, -0.2) is 42.8 Å². The van der Waals surface area contributed by atoms with Gasteiger partial charge in [-0.15, -0.1) is 12.6 Å². The zero-order chi connectivity index (χ0) is 21.4. The maximum Gasteiger partial charge on any atom is 0.280 e. The van der Waals surface area contributed by atoms with Gasteiger partial charge in [0, 0.05) is 36.3 Å². The highest BCUT2D eigenvalue weighted by atomic mass is 32.1. The predicted octanol–water partition coefficient (Wildman–Crippen LogP) is 3.90. The quantitative estimate of drug-likeness (QED) is 0.487. The number of alkyl halides is 2. The van der Waals surface area contributed by atoms with E-state index < -0.39 is 24.1 Å². The van der Waals surface area contributed by atoms with Gasteiger partial charge in [0.15, 0.2) is 0 Å². The number of carbonyl (C=O) groups excluding carboxylic acids is 1. The molecular formula is C20H20F2N6OS. The molecule has 3 aromatic rings. The lowest BCUT2D eigenvalue weighted by Crippen LogP contribution is -2.43. The van der Waals surface area contributed by atoms with E-state index in [-0.39, 0.29) is 5.56 Å². The predicted molar refractivity (Wildman–Crippen MR) is 111 cm³/mol. The van der Waals surface area contributed by atoms with Crippen LogP contribution < -0.4 is 0 Å². The summed E-state index contributed by atoms with van der Waals surface area (Å²) in [6.07, 6.45) is 0.487. The van der Waals surface area contributed by atoms with Gasteiger partial charge in [-0.2, -0.15) is 5.10 Å². The van der Waals surface area contributed by atoms with Crippen molar-refractivity contribution in [3.63, 3.8) is 0 Å². The summed E-state index contributed by atoms with van der Waals surface area (Å²) in [7, 11) is 1.40. The standard InChI is InChI=1S/C20H20F2N6OS/c1-11(26-13-5-3-4-6-15(13)30)17-16-14(23-10-24-16)7-8-28(17)20(29)12-9-25-27(2)18(12)19(21)22/h3-6,9-10,17,19,30H,7-8H2,1-2H3,(H,23,24)/t17-/m1/s1. The minimum Gasteiger partial charge on any atom is -0.348 e. The average Bonchev–Trinajstić information content (AvgIpc) is 3.34. The number of nitrogens with zero attached hydrogens (tertiary/aromatic N) is 5. The van der Waals surface area contributed by atoms with Crippen molar-refractivity contribution in [1.82, 2.24) is 24.6 Å². The van der Waals surface area contributed by atoms with Crippen LogP contribution in [0.5, 0.6) is 0 Å². The van der Waals surface area contributed by atoms with E-state index in [4.69, 9.17) is 0 Å². The van der Waals surface area contributed by atoms with Gasteiger partial charge >= 0.3 is 0 Å². The van der Waals surface area contributed by atoms with Gasteiger partial charge in [0.25, 0.3) is 12.3 Å². The summed E-state index contributed by atoms with van der Waals surface area (Å²) in [5, 5.41) is 3.86. The van der Waals surface area contributed by atoms with Gasteiger partial charge in [-0.1, -0.05) is 12.1 Å². The highest BCUT2D eigenvalue weighted by Gasteiger charge is 2.37. The molecule has 1 aromatic carbocycles. The number of hydrogen-bond acceptors (Lipinski definition) is 5. The zero-order valence-electron chi connectivity index (χ0n) is 16.4. The number of aromatic nitrogens is 4. The number of H-pyrrole nitrogens is 1. The first-order valence-electron chi connectivity index (χ1n) is 9.34. The molecule has 1 N–H and O–H groups in total. The molecule has 4 rings (SSSR count). The SMILES string of the molecule is CC(=Nc1ccccc1S)[C@@H]1c2nc[nH]c2CCN1C(=O)c1cnn(C)c1C(F)F. The van der Waals surface area contributed by atoms with Crippen LogP contribution >= 0.6 is 12.6 Å². The number of carbonyl (C=O) groups is 1. The number of para-hydroxylation sites is 1. The molecule has 3 heterocycles. The van der Waals surface area contributed by atoms with Crippen molar-refractivity contribution in [2.75, 3.05) is 6.54 Å². The van der Waals surface area contributed by atoms with E-state index in [1.807, 2.05) is 24.3 Å². The highest BCUT2D eigenvalue weighted by molar-refractivity contribution is 7.80. The molecular weight excluding hydrogens is 410 g/mol. The summed E-state index contributed by atoms with van der Waals surface area (Å²) in [4.78, 5) is 27.7. The monoisotopic (exact) mass is 430 g/mol. The first-order valence-corrected chi connectivity index (χ1v) is 9.79. The third-order valence-corrected chi connectivity index (χ3v) is 5.56. The number of halogens is 2. The summed E-state index contributed by atoms with van der Waals surface area (Å²) in [5.74, 6) is -0.522. The number of aromatic amines is 1. The Labute approximate surface area is 177 Å². The van der Waals surface area contributed by atoms with E-state index in [0.717, 1.165) is 10.4 Å². The molecule has 1 atom stereocenters. The number of fused-ring (bicyclic) bond motifs is 1. The Bertz CT molecular complexity index is 1120. The second-order valence-corrected chi connectivity index (χ2v) is 7.51. The minimum atomic E-state index is -2.81. The minimum absolute atomic E-state index is 0.112. The number of thiol groups is 1. The Morgan fingerprint density at radius 3 is 2.87 bits per heavy atom. The number of aryl methyl sites for hydroxylation is 1. The smallest absolute Gasteiger partial charge is 0.280 e. The van der Waals surface area contributed by atoms with Crippen LogP contribution in [0.2, 0.25) is 0 Å². The van der Waals surface area contributed by atoms with Crippen molar-refractivity contribution in [1.29, 1.82) is 0 Å². The van der Waals surface area contributed by atoms with Crippen molar-refractivity contribution in [2.24, 2.45) is 12.0 Å². The van der Waals surface area contributed by atoms with E-state index in [0.29, 0.717) is 35.0 Å². The molecule has 156 valence electrons. The summed E-state index contributed by atoms with van der Waals surface area (Å²) in [6.45, 7) is 2.14. The summed E-state index contributed by atoms with van der Waals surface area (Å²) in [5.41, 5.74) is 2.32. The molecule has 30 heavy (non-hydrogen) atoms. The molecule has 7 nitrogen and oxygen atoms in total. The number of rotatable bonds is 4. The Morgan fingerprint density at radius 2 is 2.13 bits per heavy atom. The Kier molecular flexibility index (Phi) is 5.42. The normalized spacial score (nSPS) is 16.8.